The van der Waals surface area contributed by atoms with Crippen LogP contribution in [0.3, 0.4) is 0 Å². The van der Waals surface area contributed by atoms with Crippen molar-refractivity contribution in [2.45, 2.75) is 31.6 Å². The Morgan fingerprint density at radius 2 is 1.89 bits per heavy atom. The predicted molar refractivity (Wildman–Crippen MR) is 72.3 cm³/mol. The van der Waals surface area contributed by atoms with Crippen molar-refractivity contribution in [2.75, 3.05) is 11.9 Å². The summed E-state index contributed by atoms with van der Waals surface area (Å²) in [5.74, 6) is -0.247. The van der Waals surface area contributed by atoms with Gasteiger partial charge in [0.15, 0.2) is 0 Å². The van der Waals surface area contributed by atoms with Gasteiger partial charge in [-0.2, -0.15) is 0 Å². The third-order valence-electron chi connectivity index (χ3n) is 3.37. The van der Waals surface area contributed by atoms with E-state index in [9.17, 15) is 9.59 Å². The molecule has 0 bridgehead atoms. The molecule has 5 nitrogen and oxygen atoms in total. The number of anilines is 1. The fourth-order valence-corrected chi connectivity index (χ4v) is 2.04. The van der Waals surface area contributed by atoms with Gasteiger partial charge in [-0.15, -0.1) is 0 Å². The molecule has 102 valence electrons. The normalized spacial score (nSPS) is 14.5. The highest BCUT2D eigenvalue weighted by Crippen LogP contribution is 2.36. The fourth-order valence-electron chi connectivity index (χ4n) is 2.04. The summed E-state index contributed by atoms with van der Waals surface area (Å²) in [6.45, 7) is 0.126. The Morgan fingerprint density at radius 1 is 1.21 bits per heavy atom. The van der Waals surface area contributed by atoms with Gasteiger partial charge in [0.05, 0.1) is 6.42 Å². The van der Waals surface area contributed by atoms with Crippen LogP contribution in [-0.4, -0.2) is 23.7 Å². The van der Waals surface area contributed by atoms with Crippen molar-refractivity contribution >= 4 is 17.7 Å². The second kappa shape index (κ2) is 6.22. The van der Waals surface area contributed by atoms with E-state index in [-0.39, 0.29) is 19.0 Å². The lowest BCUT2D eigenvalue weighted by molar-refractivity contribution is -0.136. The molecule has 2 amide bonds. The molecule has 0 saturated heterocycles. The highest BCUT2D eigenvalue weighted by atomic mass is 16.4. The number of urea groups is 1. The van der Waals surface area contributed by atoms with Crippen molar-refractivity contribution in [3.05, 3.63) is 29.8 Å². The van der Waals surface area contributed by atoms with Gasteiger partial charge in [-0.3, -0.25) is 4.79 Å². The Hall–Kier alpha value is -2.04. The quantitative estimate of drug-likeness (QED) is 0.763. The Balaban J connectivity index is 1.78. The molecule has 0 aliphatic heterocycles. The number of nitrogens with one attached hydrogen (secondary N) is 2. The number of hydrogen-bond donors (Lipinski definition) is 3. The first-order valence-corrected chi connectivity index (χ1v) is 6.52. The summed E-state index contributed by atoms with van der Waals surface area (Å²) in [5, 5.41) is 13.6. The zero-order chi connectivity index (χ0) is 13.7. The molecule has 1 saturated carbocycles. The molecule has 0 spiro atoms. The Kier molecular flexibility index (Phi) is 4.39. The molecule has 0 unspecified atom stereocenters. The standard InChI is InChI=1S/C14H18N2O3/c17-13(18)8-9-15-14(19)16-12-6-4-11(5-7-12)10-2-1-3-10/h4-7,10H,1-3,8-9H2,(H,17,18)(H2,15,16,19). The van der Waals surface area contributed by atoms with Gasteiger partial charge in [-0.25, -0.2) is 4.79 Å². The van der Waals surface area contributed by atoms with Crippen LogP contribution in [0.25, 0.3) is 0 Å². The van der Waals surface area contributed by atoms with Crippen LogP contribution in [0.15, 0.2) is 24.3 Å². The summed E-state index contributed by atoms with van der Waals surface area (Å²) >= 11 is 0. The lowest BCUT2D eigenvalue weighted by atomic mass is 9.80. The van der Waals surface area contributed by atoms with Crippen molar-refractivity contribution in [1.82, 2.24) is 5.32 Å². The van der Waals surface area contributed by atoms with Crippen molar-refractivity contribution < 1.29 is 14.7 Å². The van der Waals surface area contributed by atoms with Crippen LogP contribution >= 0.6 is 0 Å². The van der Waals surface area contributed by atoms with E-state index in [0.717, 1.165) is 5.69 Å². The molecule has 0 aromatic heterocycles. The van der Waals surface area contributed by atoms with E-state index in [2.05, 4.69) is 10.6 Å². The maximum Gasteiger partial charge on any atom is 0.319 e. The van der Waals surface area contributed by atoms with E-state index in [1.54, 1.807) is 0 Å². The molecular weight excluding hydrogens is 244 g/mol. The number of carboxylic acid groups (broad SMARTS) is 1. The minimum atomic E-state index is -0.926. The van der Waals surface area contributed by atoms with Crippen molar-refractivity contribution in [2.24, 2.45) is 0 Å². The van der Waals surface area contributed by atoms with Crippen LogP contribution in [0.4, 0.5) is 10.5 Å². The van der Waals surface area contributed by atoms with Gasteiger partial charge in [0.2, 0.25) is 0 Å². The van der Waals surface area contributed by atoms with Gasteiger partial charge in [0.25, 0.3) is 0 Å². The first-order chi connectivity index (χ1) is 9.15. The lowest BCUT2D eigenvalue weighted by Gasteiger charge is -2.25. The van der Waals surface area contributed by atoms with E-state index >= 15 is 0 Å². The summed E-state index contributed by atoms with van der Waals surface area (Å²) < 4.78 is 0. The molecule has 0 atom stereocenters. The van der Waals surface area contributed by atoms with Crippen LogP contribution in [0.1, 0.15) is 37.2 Å². The molecule has 1 aliphatic rings. The second-order valence-corrected chi connectivity index (χ2v) is 4.77. The summed E-state index contributed by atoms with van der Waals surface area (Å²) in [7, 11) is 0. The number of aliphatic carboxylic acids is 1. The van der Waals surface area contributed by atoms with Gasteiger partial charge in [0, 0.05) is 12.2 Å². The molecule has 0 radical (unpaired) electrons. The number of rotatable bonds is 5. The predicted octanol–water partition coefficient (Wildman–Crippen LogP) is 2.55. The number of carbonyl (C=O) groups is 2. The average Bonchev–Trinajstić information content (AvgIpc) is 2.29. The van der Waals surface area contributed by atoms with E-state index in [1.165, 1.54) is 24.8 Å². The van der Waals surface area contributed by atoms with Gasteiger partial charge in [0.1, 0.15) is 0 Å². The van der Waals surface area contributed by atoms with Crippen LogP contribution in [-0.2, 0) is 4.79 Å². The molecule has 0 heterocycles. The van der Waals surface area contributed by atoms with Crippen molar-refractivity contribution in [3.8, 4) is 0 Å². The number of carbonyl (C=O) groups excluding carboxylic acids is 1. The Labute approximate surface area is 112 Å². The number of benzene rings is 1. The third kappa shape index (κ3) is 3.98. The molecule has 2 rings (SSSR count). The van der Waals surface area contributed by atoms with E-state index in [0.29, 0.717) is 5.92 Å². The number of amides is 2. The topological polar surface area (TPSA) is 78.4 Å². The molecule has 19 heavy (non-hydrogen) atoms. The molecule has 1 aromatic rings. The second-order valence-electron chi connectivity index (χ2n) is 4.77. The average molecular weight is 262 g/mol. The largest absolute Gasteiger partial charge is 0.481 e. The fraction of sp³-hybridized carbons (Fsp3) is 0.429. The first kappa shape index (κ1) is 13.4. The lowest BCUT2D eigenvalue weighted by Crippen LogP contribution is -2.30. The number of hydrogen-bond acceptors (Lipinski definition) is 2. The highest BCUT2D eigenvalue weighted by Gasteiger charge is 2.18. The SMILES string of the molecule is O=C(O)CCNC(=O)Nc1ccc(C2CCC2)cc1. The van der Waals surface area contributed by atoms with Crippen LogP contribution < -0.4 is 10.6 Å². The van der Waals surface area contributed by atoms with Crippen molar-refractivity contribution in [1.29, 1.82) is 0 Å². The van der Waals surface area contributed by atoms with Crippen LogP contribution in [0.2, 0.25) is 0 Å². The minimum Gasteiger partial charge on any atom is -0.481 e. The highest BCUT2D eigenvalue weighted by molar-refractivity contribution is 5.89. The maximum absolute atomic E-state index is 11.5. The summed E-state index contributed by atoms with van der Waals surface area (Å²) in [5.41, 5.74) is 2.04. The van der Waals surface area contributed by atoms with E-state index < -0.39 is 5.97 Å². The smallest absolute Gasteiger partial charge is 0.319 e. The molecule has 3 N–H and O–H groups in total. The van der Waals surface area contributed by atoms with Gasteiger partial charge in [-0.1, -0.05) is 18.6 Å². The van der Waals surface area contributed by atoms with Crippen LogP contribution in [0, 0.1) is 0 Å². The maximum atomic E-state index is 11.5. The monoisotopic (exact) mass is 262 g/mol. The van der Waals surface area contributed by atoms with Crippen LogP contribution in [0.5, 0.6) is 0 Å². The number of carboxylic acids is 1. The summed E-state index contributed by atoms with van der Waals surface area (Å²) in [6, 6.07) is 7.46. The zero-order valence-electron chi connectivity index (χ0n) is 10.7. The Morgan fingerprint density at radius 3 is 2.42 bits per heavy atom. The molecule has 1 aromatic carbocycles. The van der Waals surface area contributed by atoms with Gasteiger partial charge < -0.3 is 15.7 Å². The van der Waals surface area contributed by atoms with Gasteiger partial charge >= 0.3 is 12.0 Å². The summed E-state index contributed by atoms with van der Waals surface area (Å²) in [6.07, 6.45) is 3.73. The molecule has 1 fully saturated rings. The van der Waals surface area contributed by atoms with E-state index in [4.69, 9.17) is 5.11 Å². The molecule has 1 aliphatic carbocycles. The van der Waals surface area contributed by atoms with Crippen molar-refractivity contribution in [3.63, 3.8) is 0 Å². The molecule has 5 heteroatoms. The Bertz CT molecular complexity index is 452. The first-order valence-electron chi connectivity index (χ1n) is 6.52. The molecular formula is C14H18N2O3. The minimum absolute atomic E-state index is 0.0754. The van der Waals surface area contributed by atoms with Gasteiger partial charge in [-0.05, 0) is 36.5 Å². The summed E-state index contributed by atoms with van der Waals surface area (Å²) in [4.78, 5) is 21.8. The zero-order valence-corrected chi connectivity index (χ0v) is 10.7. The van der Waals surface area contributed by atoms with E-state index in [1.807, 2.05) is 24.3 Å². The third-order valence-corrected chi connectivity index (χ3v) is 3.37.